The number of amides is 2. The van der Waals surface area contributed by atoms with Gasteiger partial charge in [0.1, 0.15) is 5.71 Å². The highest BCUT2D eigenvalue weighted by atomic mass is 16.2. The van der Waals surface area contributed by atoms with Crippen molar-refractivity contribution in [3.8, 4) is 5.69 Å². The monoisotopic (exact) mass is 458 g/mol. The number of nitrogens with zero attached hydrogens (tertiary/aromatic N) is 8. The van der Waals surface area contributed by atoms with Crippen LogP contribution in [-0.4, -0.2) is 68.8 Å². The second-order valence-electron chi connectivity index (χ2n) is 8.55. The molecule has 0 N–H and O–H groups in total. The summed E-state index contributed by atoms with van der Waals surface area (Å²) in [4.78, 5) is 29.7. The molecule has 1 saturated heterocycles. The first-order valence-corrected chi connectivity index (χ1v) is 11.4. The number of tetrazole rings is 1. The van der Waals surface area contributed by atoms with Gasteiger partial charge in [0.15, 0.2) is 0 Å². The Morgan fingerprint density at radius 1 is 0.941 bits per heavy atom. The number of rotatable bonds is 4. The number of hydrogen-bond donors (Lipinski definition) is 0. The van der Waals surface area contributed by atoms with Crippen molar-refractivity contribution in [3.63, 3.8) is 0 Å². The average Bonchev–Trinajstić information content (AvgIpc) is 3.36. The summed E-state index contributed by atoms with van der Waals surface area (Å²) >= 11 is 0. The lowest BCUT2D eigenvalue weighted by Gasteiger charge is -2.35. The van der Waals surface area contributed by atoms with Crippen molar-refractivity contribution in [3.05, 3.63) is 59.7 Å². The number of aromatic nitrogens is 4. The van der Waals surface area contributed by atoms with E-state index in [1.807, 2.05) is 62.4 Å². The summed E-state index contributed by atoms with van der Waals surface area (Å²) in [7, 11) is 0. The zero-order valence-electron chi connectivity index (χ0n) is 19.3. The van der Waals surface area contributed by atoms with Crippen LogP contribution < -0.4 is 9.91 Å². The number of hydrogen-bond acceptors (Lipinski definition) is 7. The highest BCUT2D eigenvalue weighted by Crippen LogP contribution is 2.26. The quantitative estimate of drug-likeness (QED) is 0.594. The van der Waals surface area contributed by atoms with Crippen LogP contribution in [0.2, 0.25) is 0 Å². The third-order valence-electron chi connectivity index (χ3n) is 6.18. The van der Waals surface area contributed by atoms with Gasteiger partial charge in [-0.3, -0.25) is 9.59 Å². The van der Waals surface area contributed by atoms with Crippen LogP contribution in [0.3, 0.4) is 0 Å². The highest BCUT2D eigenvalue weighted by Gasteiger charge is 2.31. The van der Waals surface area contributed by atoms with Crippen LogP contribution in [0.1, 0.15) is 24.0 Å². The van der Waals surface area contributed by atoms with Crippen LogP contribution in [0.25, 0.3) is 5.69 Å². The number of anilines is 2. The molecule has 0 aliphatic carbocycles. The Labute approximate surface area is 197 Å². The molecule has 0 atom stereocenters. The summed E-state index contributed by atoms with van der Waals surface area (Å²) in [5.74, 6) is 0.438. The molecule has 34 heavy (non-hydrogen) atoms. The van der Waals surface area contributed by atoms with Gasteiger partial charge in [-0.2, -0.15) is 9.78 Å². The highest BCUT2D eigenvalue weighted by molar-refractivity contribution is 6.40. The van der Waals surface area contributed by atoms with Gasteiger partial charge in [0, 0.05) is 39.0 Å². The van der Waals surface area contributed by atoms with Gasteiger partial charge in [-0.1, -0.05) is 35.4 Å². The first-order chi connectivity index (χ1) is 16.5. The lowest BCUT2D eigenvalue weighted by Crippen LogP contribution is -2.52. The van der Waals surface area contributed by atoms with Crippen molar-refractivity contribution in [2.45, 2.75) is 26.7 Å². The molecule has 5 rings (SSSR count). The summed E-state index contributed by atoms with van der Waals surface area (Å²) in [6, 6.07) is 15.6. The lowest BCUT2D eigenvalue weighted by atomic mass is 10.1. The molecule has 2 aliphatic rings. The van der Waals surface area contributed by atoms with Gasteiger partial charge in [-0.05, 0) is 53.6 Å². The third kappa shape index (κ3) is 4.14. The fraction of sp³-hybridized carbons (Fsp3) is 0.333. The van der Waals surface area contributed by atoms with Crippen LogP contribution in [0, 0.1) is 13.8 Å². The number of benzene rings is 2. The zero-order valence-corrected chi connectivity index (χ0v) is 19.3. The summed E-state index contributed by atoms with van der Waals surface area (Å²) in [5, 5.41) is 18.1. The lowest BCUT2D eigenvalue weighted by molar-refractivity contribution is -0.124. The molecule has 0 saturated carbocycles. The van der Waals surface area contributed by atoms with E-state index < -0.39 is 0 Å². The maximum Gasteiger partial charge on any atom is 0.270 e. The summed E-state index contributed by atoms with van der Waals surface area (Å²) < 4.78 is 1.70. The second kappa shape index (κ2) is 9.05. The predicted molar refractivity (Wildman–Crippen MR) is 128 cm³/mol. The fourth-order valence-electron chi connectivity index (χ4n) is 4.25. The van der Waals surface area contributed by atoms with E-state index >= 15 is 0 Å². The SMILES string of the molecule is Cc1ccc(C)c(N2N=C(C(=O)N3CCN(c4nnnn4-c4ccccc4)CC3)CCC2=O)c1. The molecule has 1 fully saturated rings. The average molecular weight is 459 g/mol. The largest absolute Gasteiger partial charge is 0.336 e. The molecule has 2 amide bonds. The van der Waals surface area contributed by atoms with Gasteiger partial charge in [-0.25, -0.2) is 5.01 Å². The molecule has 0 unspecified atom stereocenters. The Bertz CT molecular complexity index is 1240. The van der Waals surface area contributed by atoms with Crippen LogP contribution in [0.15, 0.2) is 53.6 Å². The molecular weight excluding hydrogens is 432 g/mol. The maximum atomic E-state index is 13.3. The van der Waals surface area contributed by atoms with E-state index in [0.29, 0.717) is 44.3 Å². The third-order valence-corrected chi connectivity index (χ3v) is 6.18. The van der Waals surface area contributed by atoms with E-state index in [-0.39, 0.29) is 18.2 Å². The van der Waals surface area contributed by atoms with E-state index in [4.69, 9.17) is 0 Å². The smallest absolute Gasteiger partial charge is 0.270 e. The predicted octanol–water partition coefficient (Wildman–Crippen LogP) is 2.11. The first kappa shape index (κ1) is 21.7. The number of hydrazone groups is 1. The molecule has 3 aromatic rings. The molecule has 1 aromatic heterocycles. The van der Waals surface area contributed by atoms with Crippen LogP contribution >= 0.6 is 0 Å². The van der Waals surface area contributed by atoms with Crippen molar-refractivity contribution in [1.29, 1.82) is 0 Å². The minimum Gasteiger partial charge on any atom is -0.336 e. The van der Waals surface area contributed by atoms with Crippen molar-refractivity contribution in [2.24, 2.45) is 5.10 Å². The van der Waals surface area contributed by atoms with Crippen LogP contribution in [0.4, 0.5) is 11.6 Å². The van der Waals surface area contributed by atoms with Crippen molar-refractivity contribution in [2.75, 3.05) is 36.1 Å². The van der Waals surface area contributed by atoms with Crippen molar-refractivity contribution < 1.29 is 9.59 Å². The van der Waals surface area contributed by atoms with E-state index in [1.165, 1.54) is 5.01 Å². The van der Waals surface area contributed by atoms with Crippen LogP contribution in [-0.2, 0) is 9.59 Å². The Morgan fingerprint density at radius 3 is 2.47 bits per heavy atom. The number of carbonyl (C=O) groups is 2. The Balaban J connectivity index is 1.30. The van der Waals surface area contributed by atoms with Gasteiger partial charge >= 0.3 is 0 Å². The minimum atomic E-state index is -0.120. The van der Waals surface area contributed by atoms with Gasteiger partial charge in [0.2, 0.25) is 11.9 Å². The number of carbonyl (C=O) groups excluding carboxylic acids is 2. The molecule has 3 heterocycles. The van der Waals surface area contributed by atoms with Crippen molar-refractivity contribution >= 4 is 29.2 Å². The normalized spacial score (nSPS) is 16.6. The van der Waals surface area contributed by atoms with Gasteiger partial charge in [0.25, 0.3) is 5.91 Å². The molecule has 0 spiro atoms. The maximum absolute atomic E-state index is 13.3. The van der Waals surface area contributed by atoms with E-state index in [2.05, 4.69) is 25.5 Å². The van der Waals surface area contributed by atoms with Gasteiger partial charge in [0.05, 0.1) is 11.4 Å². The number of aryl methyl sites for hydroxylation is 2. The Hall–Kier alpha value is -4.08. The molecule has 174 valence electrons. The molecule has 2 aromatic carbocycles. The topological polar surface area (TPSA) is 99.8 Å². The van der Waals surface area contributed by atoms with Gasteiger partial charge in [-0.15, -0.1) is 0 Å². The van der Waals surface area contributed by atoms with Crippen LogP contribution in [0.5, 0.6) is 0 Å². The van der Waals surface area contributed by atoms with E-state index in [0.717, 1.165) is 22.5 Å². The summed E-state index contributed by atoms with van der Waals surface area (Å²) in [6.45, 7) is 6.17. The zero-order chi connectivity index (χ0) is 23.7. The molecule has 10 heteroatoms. The fourth-order valence-corrected chi connectivity index (χ4v) is 4.25. The number of piperazine rings is 1. The number of para-hydroxylation sites is 1. The molecular formula is C24H26N8O2. The van der Waals surface area contributed by atoms with E-state index in [9.17, 15) is 9.59 Å². The molecule has 10 nitrogen and oxygen atoms in total. The van der Waals surface area contributed by atoms with Gasteiger partial charge < -0.3 is 9.80 Å². The van der Waals surface area contributed by atoms with Crippen molar-refractivity contribution in [1.82, 2.24) is 25.1 Å². The molecule has 0 radical (unpaired) electrons. The summed E-state index contributed by atoms with van der Waals surface area (Å²) in [5.41, 5.74) is 4.02. The minimum absolute atomic E-state index is 0.0946. The Kier molecular flexibility index (Phi) is 5.79. The standard InChI is InChI=1S/C24H26N8O2/c1-17-8-9-18(2)21(16-17)32-22(33)11-10-20(26-32)23(34)29-12-14-30(15-13-29)24-25-27-28-31(24)19-6-4-3-5-7-19/h3-9,16H,10-15H2,1-2H3. The summed E-state index contributed by atoms with van der Waals surface area (Å²) in [6.07, 6.45) is 0.620. The second-order valence-corrected chi connectivity index (χ2v) is 8.55. The first-order valence-electron chi connectivity index (χ1n) is 11.4. The Morgan fingerprint density at radius 2 is 1.71 bits per heavy atom. The van der Waals surface area contributed by atoms with E-state index in [1.54, 1.807) is 9.58 Å². The molecule has 2 aliphatic heterocycles. The molecule has 0 bridgehead atoms.